The average Bonchev–Trinajstić information content (AvgIpc) is 3.10. The van der Waals surface area contributed by atoms with Crippen molar-refractivity contribution >= 4 is 26.7 Å². The van der Waals surface area contributed by atoms with Gasteiger partial charge in [-0.1, -0.05) is 175 Å². The first kappa shape index (κ1) is 32.7. The predicted molar refractivity (Wildman–Crippen MR) is 205 cm³/mol. The summed E-state index contributed by atoms with van der Waals surface area (Å²) in [6, 6.07) is 56.4. The summed E-state index contributed by atoms with van der Waals surface area (Å²) in [5.41, 5.74) is 13.8. The quantitative estimate of drug-likeness (QED) is 0.176. The van der Waals surface area contributed by atoms with Gasteiger partial charge in [-0.25, -0.2) is 0 Å². The molecule has 0 aliphatic heterocycles. The summed E-state index contributed by atoms with van der Waals surface area (Å²) in [6.07, 6.45) is 0. The van der Waals surface area contributed by atoms with E-state index in [0.717, 1.165) is 4.47 Å². The van der Waals surface area contributed by atoms with Gasteiger partial charge in [0.15, 0.2) is 0 Å². The van der Waals surface area contributed by atoms with Crippen molar-refractivity contribution in [3.05, 3.63) is 179 Å². The van der Waals surface area contributed by atoms with Crippen molar-refractivity contribution in [2.24, 2.45) is 0 Å². The monoisotopic (exact) mass is 660 g/mol. The van der Waals surface area contributed by atoms with E-state index in [9.17, 15) is 0 Å². The summed E-state index contributed by atoms with van der Waals surface area (Å²) >= 11 is 3.80. The largest absolute Gasteiger partial charge is 0.0683 e. The van der Waals surface area contributed by atoms with E-state index in [0.29, 0.717) is 0 Å². The fraction of sp³-hybridized carbons (Fsp3) is 0.111. The molecule has 7 aromatic carbocycles. The fourth-order valence-electron chi connectivity index (χ4n) is 5.69. The van der Waals surface area contributed by atoms with Gasteiger partial charge < -0.3 is 0 Å². The third kappa shape index (κ3) is 7.73. The molecular weight excluding hydrogens is 620 g/mol. The second-order valence-electron chi connectivity index (χ2n) is 11.3. The smallest absolute Gasteiger partial charge is 0.0254 e. The Kier molecular flexibility index (Phi) is 11.0. The van der Waals surface area contributed by atoms with Gasteiger partial charge in [0.05, 0.1) is 0 Å². The van der Waals surface area contributed by atoms with Gasteiger partial charge in [0, 0.05) is 4.47 Å². The molecule has 0 aliphatic carbocycles. The number of hydrogen-bond acceptors (Lipinski definition) is 0. The Bertz CT molecular complexity index is 2040. The Morgan fingerprint density at radius 3 is 1.50 bits per heavy atom. The highest BCUT2D eigenvalue weighted by atomic mass is 79.9. The average molecular weight is 662 g/mol. The molecule has 0 amide bonds. The topological polar surface area (TPSA) is 0 Å². The Morgan fingerprint density at radius 1 is 0.348 bits per heavy atom. The Balaban J connectivity index is 0.000000406. The molecule has 0 nitrogen and oxygen atoms in total. The first-order valence-corrected chi connectivity index (χ1v) is 16.8. The minimum Gasteiger partial charge on any atom is -0.0683 e. The standard InChI is InChI=1S/C36H27Br.C7H8.C2H6/c1-24-7-3-6-10-33(24)34-19-17-32(21-25(34)2)35-23-31(18-20-36(35)37)28-13-11-27(12-14-28)30-16-15-26-8-4-5-9-29(26)22-30;1-7-5-3-2-4-6-7;1-2/h3-23H,1-2H3;2-6H,1H3;1-2H3. The Morgan fingerprint density at radius 2 is 0.870 bits per heavy atom. The van der Waals surface area contributed by atoms with Crippen LogP contribution in [0.4, 0.5) is 0 Å². The molecule has 0 N–H and O–H groups in total. The molecule has 46 heavy (non-hydrogen) atoms. The molecule has 0 saturated carbocycles. The van der Waals surface area contributed by atoms with Crippen molar-refractivity contribution < 1.29 is 0 Å². The summed E-state index contributed by atoms with van der Waals surface area (Å²) in [5.74, 6) is 0. The zero-order valence-electron chi connectivity index (χ0n) is 27.4. The van der Waals surface area contributed by atoms with Crippen LogP contribution in [0.5, 0.6) is 0 Å². The van der Waals surface area contributed by atoms with Crippen LogP contribution in [0.2, 0.25) is 0 Å². The van der Waals surface area contributed by atoms with Crippen LogP contribution in [-0.2, 0) is 0 Å². The lowest BCUT2D eigenvalue weighted by atomic mass is 9.92. The molecule has 0 bridgehead atoms. The van der Waals surface area contributed by atoms with Gasteiger partial charge in [-0.3, -0.25) is 0 Å². The van der Waals surface area contributed by atoms with Crippen LogP contribution in [0, 0.1) is 20.8 Å². The summed E-state index contributed by atoms with van der Waals surface area (Å²) in [5, 5.41) is 2.54. The normalized spacial score (nSPS) is 10.4. The van der Waals surface area contributed by atoms with Crippen LogP contribution in [0.25, 0.3) is 55.3 Å². The molecular formula is C45H41Br. The van der Waals surface area contributed by atoms with Crippen LogP contribution < -0.4 is 0 Å². The van der Waals surface area contributed by atoms with Crippen LogP contribution in [0.1, 0.15) is 30.5 Å². The van der Waals surface area contributed by atoms with Crippen molar-refractivity contribution in [1.82, 2.24) is 0 Å². The lowest BCUT2D eigenvalue weighted by Gasteiger charge is -2.14. The van der Waals surface area contributed by atoms with Gasteiger partial charge in [0.25, 0.3) is 0 Å². The highest BCUT2D eigenvalue weighted by molar-refractivity contribution is 9.10. The molecule has 0 atom stereocenters. The molecule has 0 aromatic heterocycles. The van der Waals surface area contributed by atoms with Gasteiger partial charge in [0.2, 0.25) is 0 Å². The van der Waals surface area contributed by atoms with E-state index in [1.807, 2.05) is 32.0 Å². The first-order chi connectivity index (χ1) is 22.5. The van der Waals surface area contributed by atoms with Crippen LogP contribution in [-0.4, -0.2) is 0 Å². The Labute approximate surface area is 283 Å². The molecule has 0 heterocycles. The molecule has 1 heteroatoms. The van der Waals surface area contributed by atoms with Crippen molar-refractivity contribution in [3.8, 4) is 44.5 Å². The number of halogens is 1. The van der Waals surface area contributed by atoms with Gasteiger partial charge in [-0.15, -0.1) is 0 Å². The summed E-state index contributed by atoms with van der Waals surface area (Å²) in [6.45, 7) is 10.5. The fourth-order valence-corrected chi connectivity index (χ4v) is 6.17. The minimum absolute atomic E-state index is 1.10. The molecule has 0 spiro atoms. The number of benzene rings is 7. The van der Waals surface area contributed by atoms with E-state index in [1.165, 1.54) is 72.0 Å². The lowest BCUT2D eigenvalue weighted by Crippen LogP contribution is -1.89. The lowest BCUT2D eigenvalue weighted by molar-refractivity contribution is 1.40. The maximum absolute atomic E-state index is 3.80. The van der Waals surface area contributed by atoms with Crippen molar-refractivity contribution in [1.29, 1.82) is 0 Å². The van der Waals surface area contributed by atoms with Gasteiger partial charge in [-0.05, 0) is 105 Å². The SMILES string of the molecule is CC.Cc1ccccc1.Cc1ccccc1-c1ccc(-c2cc(-c3ccc(-c4ccc5ccccc5c4)cc3)ccc2Br)cc1C. The maximum Gasteiger partial charge on any atom is 0.0254 e. The van der Waals surface area contributed by atoms with E-state index in [4.69, 9.17) is 0 Å². The molecule has 7 rings (SSSR count). The van der Waals surface area contributed by atoms with Gasteiger partial charge in [0.1, 0.15) is 0 Å². The molecule has 7 aromatic rings. The first-order valence-electron chi connectivity index (χ1n) is 16.0. The zero-order valence-corrected chi connectivity index (χ0v) is 29.0. The number of hydrogen-bond donors (Lipinski definition) is 0. The second-order valence-corrected chi connectivity index (χ2v) is 12.2. The molecule has 0 aliphatic rings. The highest BCUT2D eigenvalue weighted by Crippen LogP contribution is 2.36. The van der Waals surface area contributed by atoms with Crippen LogP contribution in [0.15, 0.2) is 162 Å². The Hall–Kier alpha value is -4.72. The summed E-state index contributed by atoms with van der Waals surface area (Å²) in [4.78, 5) is 0. The minimum atomic E-state index is 1.10. The molecule has 228 valence electrons. The second kappa shape index (κ2) is 15.5. The van der Waals surface area contributed by atoms with E-state index >= 15 is 0 Å². The number of rotatable bonds is 4. The summed E-state index contributed by atoms with van der Waals surface area (Å²) in [7, 11) is 0. The molecule has 0 saturated heterocycles. The number of aryl methyl sites for hydroxylation is 3. The third-order valence-electron chi connectivity index (χ3n) is 8.18. The highest BCUT2D eigenvalue weighted by Gasteiger charge is 2.11. The van der Waals surface area contributed by atoms with Gasteiger partial charge in [-0.2, -0.15) is 0 Å². The predicted octanol–water partition coefficient (Wildman–Crippen LogP) is 13.9. The van der Waals surface area contributed by atoms with Crippen molar-refractivity contribution in [3.63, 3.8) is 0 Å². The van der Waals surface area contributed by atoms with E-state index < -0.39 is 0 Å². The van der Waals surface area contributed by atoms with Gasteiger partial charge >= 0.3 is 0 Å². The number of fused-ring (bicyclic) bond motifs is 1. The molecule has 0 unspecified atom stereocenters. The third-order valence-corrected chi connectivity index (χ3v) is 8.87. The van der Waals surface area contributed by atoms with Crippen molar-refractivity contribution in [2.75, 3.05) is 0 Å². The van der Waals surface area contributed by atoms with Crippen molar-refractivity contribution in [2.45, 2.75) is 34.6 Å². The summed E-state index contributed by atoms with van der Waals surface area (Å²) < 4.78 is 1.10. The molecule has 0 fully saturated rings. The zero-order chi connectivity index (χ0) is 32.5. The molecule has 0 radical (unpaired) electrons. The van der Waals surface area contributed by atoms with Crippen LogP contribution in [0.3, 0.4) is 0 Å². The van der Waals surface area contributed by atoms with Crippen LogP contribution >= 0.6 is 15.9 Å². The maximum atomic E-state index is 3.80. The van der Waals surface area contributed by atoms with E-state index in [2.05, 4.69) is 176 Å². The van der Waals surface area contributed by atoms with E-state index in [-0.39, 0.29) is 0 Å². The van der Waals surface area contributed by atoms with E-state index in [1.54, 1.807) is 0 Å².